The predicted octanol–water partition coefficient (Wildman–Crippen LogP) is 4.17. The van der Waals surface area contributed by atoms with Crippen LogP contribution in [0.2, 0.25) is 0 Å². The molecule has 24 heavy (non-hydrogen) atoms. The number of hydrogen-bond acceptors (Lipinski definition) is 6. The summed E-state index contributed by atoms with van der Waals surface area (Å²) in [7, 11) is 3.26. The molecule has 0 aliphatic heterocycles. The number of aromatic nitrogens is 2. The van der Waals surface area contributed by atoms with Gasteiger partial charge in [0.15, 0.2) is 12.8 Å². The SMILES string of the molecule is COc1ccc2c(-c3cocn3)c(OC)cc(-c3cocn3)c2c1. The quantitative estimate of drug-likeness (QED) is 0.561. The van der Waals surface area contributed by atoms with E-state index in [1.54, 1.807) is 26.7 Å². The Bertz CT molecular complexity index is 976. The number of fused-ring (bicyclic) bond motifs is 1. The van der Waals surface area contributed by atoms with Gasteiger partial charge in [-0.2, -0.15) is 0 Å². The fourth-order valence-electron chi connectivity index (χ4n) is 2.82. The van der Waals surface area contributed by atoms with Crippen molar-refractivity contribution in [3.63, 3.8) is 0 Å². The van der Waals surface area contributed by atoms with E-state index in [2.05, 4.69) is 9.97 Å². The Morgan fingerprint density at radius 3 is 2.21 bits per heavy atom. The second-order valence-electron chi connectivity index (χ2n) is 5.16. The zero-order valence-electron chi connectivity index (χ0n) is 13.1. The normalized spacial score (nSPS) is 10.9. The van der Waals surface area contributed by atoms with E-state index in [-0.39, 0.29) is 0 Å². The zero-order valence-corrected chi connectivity index (χ0v) is 13.1. The van der Waals surface area contributed by atoms with E-state index in [0.29, 0.717) is 11.4 Å². The van der Waals surface area contributed by atoms with Crippen molar-refractivity contribution in [2.75, 3.05) is 14.2 Å². The molecule has 2 heterocycles. The van der Waals surface area contributed by atoms with Gasteiger partial charge in [0.2, 0.25) is 0 Å². The lowest BCUT2D eigenvalue weighted by Crippen LogP contribution is -1.94. The number of ether oxygens (including phenoxy) is 2. The van der Waals surface area contributed by atoms with Crippen molar-refractivity contribution in [2.24, 2.45) is 0 Å². The Hall–Kier alpha value is -3.28. The summed E-state index contributed by atoms with van der Waals surface area (Å²) in [6, 6.07) is 7.76. The maximum Gasteiger partial charge on any atom is 0.181 e. The fourth-order valence-corrected chi connectivity index (χ4v) is 2.82. The lowest BCUT2D eigenvalue weighted by Gasteiger charge is -2.14. The predicted molar refractivity (Wildman–Crippen MR) is 88.0 cm³/mol. The van der Waals surface area contributed by atoms with Crippen molar-refractivity contribution in [3.05, 3.63) is 49.6 Å². The van der Waals surface area contributed by atoms with Gasteiger partial charge in [-0.3, -0.25) is 0 Å². The van der Waals surface area contributed by atoms with E-state index in [1.807, 2.05) is 24.3 Å². The molecule has 0 amide bonds. The lowest BCUT2D eigenvalue weighted by atomic mass is 9.95. The van der Waals surface area contributed by atoms with Crippen molar-refractivity contribution < 1.29 is 18.3 Å². The van der Waals surface area contributed by atoms with Crippen LogP contribution in [-0.4, -0.2) is 24.2 Å². The molecule has 0 fully saturated rings. The summed E-state index contributed by atoms with van der Waals surface area (Å²) in [4.78, 5) is 8.53. The van der Waals surface area contributed by atoms with Crippen LogP contribution in [0.15, 0.2) is 58.4 Å². The van der Waals surface area contributed by atoms with Gasteiger partial charge in [0.25, 0.3) is 0 Å². The Morgan fingerprint density at radius 2 is 1.58 bits per heavy atom. The minimum Gasteiger partial charge on any atom is -0.497 e. The maximum atomic E-state index is 5.60. The summed E-state index contributed by atoms with van der Waals surface area (Å²) in [6.45, 7) is 0. The summed E-state index contributed by atoms with van der Waals surface area (Å²) >= 11 is 0. The van der Waals surface area contributed by atoms with Crippen molar-refractivity contribution in [1.82, 2.24) is 9.97 Å². The summed E-state index contributed by atoms with van der Waals surface area (Å²) < 4.78 is 21.3. The molecule has 4 aromatic rings. The smallest absolute Gasteiger partial charge is 0.181 e. The molecule has 0 N–H and O–H groups in total. The molecule has 0 spiro atoms. The molecule has 0 radical (unpaired) electrons. The van der Waals surface area contributed by atoms with Gasteiger partial charge in [0.1, 0.15) is 35.4 Å². The first kappa shape index (κ1) is 14.3. The molecule has 0 saturated carbocycles. The van der Waals surface area contributed by atoms with Crippen LogP contribution >= 0.6 is 0 Å². The van der Waals surface area contributed by atoms with Gasteiger partial charge in [0, 0.05) is 5.56 Å². The van der Waals surface area contributed by atoms with E-state index in [1.165, 1.54) is 12.8 Å². The molecule has 0 aliphatic rings. The average Bonchev–Trinajstić information content (AvgIpc) is 3.33. The standard InChI is InChI=1S/C18H14N2O4/c1-21-11-3-4-12-13(5-11)14(15-7-23-9-19-15)6-17(22-2)18(12)16-8-24-10-20-16/h3-10H,1-2H3. The molecule has 4 rings (SSSR count). The van der Waals surface area contributed by atoms with Gasteiger partial charge < -0.3 is 18.3 Å². The number of nitrogens with zero attached hydrogens (tertiary/aromatic N) is 2. The summed E-state index contributed by atoms with van der Waals surface area (Å²) in [5, 5.41) is 1.92. The van der Waals surface area contributed by atoms with E-state index < -0.39 is 0 Å². The van der Waals surface area contributed by atoms with Crippen LogP contribution in [0.4, 0.5) is 0 Å². The highest BCUT2D eigenvalue weighted by atomic mass is 16.5. The van der Waals surface area contributed by atoms with Gasteiger partial charge in [-0.1, -0.05) is 0 Å². The molecule has 0 saturated heterocycles. The Kier molecular flexibility index (Phi) is 3.42. The van der Waals surface area contributed by atoms with Gasteiger partial charge in [-0.05, 0) is 35.0 Å². The van der Waals surface area contributed by atoms with Crippen molar-refractivity contribution in [2.45, 2.75) is 0 Å². The Labute approximate surface area is 137 Å². The molecule has 2 aromatic heterocycles. The molecule has 6 heteroatoms. The highest BCUT2D eigenvalue weighted by Gasteiger charge is 2.19. The van der Waals surface area contributed by atoms with Crippen LogP contribution in [0, 0.1) is 0 Å². The molecular formula is C18H14N2O4. The summed E-state index contributed by atoms with van der Waals surface area (Å²) in [5.74, 6) is 1.43. The van der Waals surface area contributed by atoms with Crippen molar-refractivity contribution in [3.8, 4) is 34.0 Å². The third-order valence-electron chi connectivity index (χ3n) is 3.92. The van der Waals surface area contributed by atoms with Gasteiger partial charge >= 0.3 is 0 Å². The number of benzene rings is 2. The second kappa shape index (κ2) is 5.73. The van der Waals surface area contributed by atoms with Crippen molar-refractivity contribution >= 4 is 10.8 Å². The van der Waals surface area contributed by atoms with Crippen LogP contribution in [0.5, 0.6) is 11.5 Å². The molecule has 2 aromatic carbocycles. The minimum atomic E-state index is 0.680. The first-order chi connectivity index (χ1) is 11.8. The molecule has 6 nitrogen and oxygen atoms in total. The first-order valence-corrected chi connectivity index (χ1v) is 7.27. The topological polar surface area (TPSA) is 70.5 Å². The summed E-state index contributed by atoms with van der Waals surface area (Å²) in [5.41, 5.74) is 3.17. The molecule has 0 atom stereocenters. The fraction of sp³-hybridized carbons (Fsp3) is 0.111. The largest absolute Gasteiger partial charge is 0.497 e. The van der Waals surface area contributed by atoms with E-state index in [4.69, 9.17) is 18.3 Å². The number of hydrogen-bond donors (Lipinski definition) is 0. The van der Waals surface area contributed by atoms with Crippen LogP contribution in [0.3, 0.4) is 0 Å². The molecule has 0 aliphatic carbocycles. The van der Waals surface area contributed by atoms with Crippen LogP contribution in [0.1, 0.15) is 0 Å². The highest BCUT2D eigenvalue weighted by molar-refractivity contribution is 6.06. The van der Waals surface area contributed by atoms with Gasteiger partial charge in [-0.25, -0.2) is 9.97 Å². The number of oxazole rings is 2. The second-order valence-corrected chi connectivity index (χ2v) is 5.16. The van der Waals surface area contributed by atoms with Crippen LogP contribution in [-0.2, 0) is 0 Å². The third kappa shape index (κ3) is 2.20. The van der Waals surface area contributed by atoms with E-state index in [9.17, 15) is 0 Å². The minimum absolute atomic E-state index is 0.680. The Balaban J connectivity index is 2.12. The number of rotatable bonds is 4. The van der Waals surface area contributed by atoms with Crippen LogP contribution in [0.25, 0.3) is 33.3 Å². The maximum absolute atomic E-state index is 5.60. The van der Waals surface area contributed by atoms with E-state index in [0.717, 1.165) is 33.3 Å². The monoisotopic (exact) mass is 322 g/mol. The number of methoxy groups -OCH3 is 2. The third-order valence-corrected chi connectivity index (χ3v) is 3.92. The van der Waals surface area contributed by atoms with E-state index >= 15 is 0 Å². The van der Waals surface area contributed by atoms with Gasteiger partial charge in [0.05, 0.1) is 19.8 Å². The average molecular weight is 322 g/mol. The molecule has 0 bridgehead atoms. The van der Waals surface area contributed by atoms with Crippen molar-refractivity contribution in [1.29, 1.82) is 0 Å². The highest BCUT2D eigenvalue weighted by Crippen LogP contribution is 2.42. The molecule has 0 unspecified atom stereocenters. The lowest BCUT2D eigenvalue weighted by molar-refractivity contribution is 0.415. The summed E-state index contributed by atoms with van der Waals surface area (Å²) in [6.07, 6.45) is 6.00. The zero-order chi connectivity index (χ0) is 16.5. The molecular weight excluding hydrogens is 308 g/mol. The Morgan fingerprint density at radius 1 is 0.833 bits per heavy atom. The first-order valence-electron chi connectivity index (χ1n) is 7.27. The molecule has 120 valence electrons. The van der Waals surface area contributed by atoms with Gasteiger partial charge in [-0.15, -0.1) is 0 Å². The van der Waals surface area contributed by atoms with Crippen LogP contribution < -0.4 is 9.47 Å².